The molecule has 1 aromatic heterocycles. The molecule has 0 spiro atoms. The SMILES string of the molecule is CN(Cc1ccc(Br)s1)CN1C(=O)C2CCCCC2C1=O. The first-order valence-corrected chi connectivity index (χ1v) is 8.95. The van der Waals surface area contributed by atoms with E-state index in [1.165, 1.54) is 9.78 Å². The number of hydrogen-bond acceptors (Lipinski definition) is 4. The molecule has 2 amide bonds. The molecular weight excluding hydrogens is 352 g/mol. The van der Waals surface area contributed by atoms with E-state index in [1.807, 2.05) is 18.0 Å². The van der Waals surface area contributed by atoms with Crippen molar-refractivity contribution >= 4 is 39.1 Å². The molecule has 1 saturated heterocycles. The first-order chi connectivity index (χ1) is 10.1. The monoisotopic (exact) mass is 370 g/mol. The van der Waals surface area contributed by atoms with Gasteiger partial charge in [0, 0.05) is 11.4 Å². The van der Waals surface area contributed by atoms with Gasteiger partial charge in [0.2, 0.25) is 11.8 Å². The van der Waals surface area contributed by atoms with Crippen LogP contribution < -0.4 is 0 Å². The van der Waals surface area contributed by atoms with Crippen LogP contribution in [0.25, 0.3) is 0 Å². The van der Waals surface area contributed by atoms with Gasteiger partial charge in [-0.2, -0.15) is 0 Å². The summed E-state index contributed by atoms with van der Waals surface area (Å²) < 4.78 is 1.10. The second-order valence-corrected chi connectivity index (χ2v) is 8.51. The third kappa shape index (κ3) is 3.07. The molecular formula is C15H19BrN2O2S. The molecule has 0 radical (unpaired) electrons. The zero-order valence-corrected chi connectivity index (χ0v) is 14.5. The summed E-state index contributed by atoms with van der Waals surface area (Å²) in [6.45, 7) is 1.16. The number of carbonyl (C=O) groups excluding carboxylic acids is 2. The minimum absolute atomic E-state index is 0.0453. The summed E-state index contributed by atoms with van der Waals surface area (Å²) in [4.78, 5) is 29.6. The molecule has 1 aliphatic carbocycles. The van der Waals surface area contributed by atoms with Crippen molar-refractivity contribution in [3.63, 3.8) is 0 Å². The van der Waals surface area contributed by atoms with Crippen LogP contribution in [-0.4, -0.2) is 35.3 Å². The predicted molar refractivity (Wildman–Crippen MR) is 85.7 cm³/mol. The second-order valence-electron chi connectivity index (χ2n) is 5.96. The van der Waals surface area contributed by atoms with Crippen molar-refractivity contribution in [1.29, 1.82) is 0 Å². The number of nitrogens with zero attached hydrogens (tertiary/aromatic N) is 2. The van der Waals surface area contributed by atoms with Crippen LogP contribution in [0.2, 0.25) is 0 Å². The van der Waals surface area contributed by atoms with Crippen molar-refractivity contribution in [1.82, 2.24) is 9.80 Å². The van der Waals surface area contributed by atoms with Crippen molar-refractivity contribution in [2.24, 2.45) is 11.8 Å². The lowest BCUT2D eigenvalue weighted by Crippen LogP contribution is -2.39. The number of likely N-dealkylation sites (tertiary alicyclic amines) is 1. The molecule has 1 aromatic rings. The van der Waals surface area contributed by atoms with E-state index in [-0.39, 0.29) is 23.7 Å². The Hall–Kier alpha value is -0.720. The van der Waals surface area contributed by atoms with Crippen LogP contribution in [0.1, 0.15) is 30.6 Å². The first-order valence-electron chi connectivity index (χ1n) is 7.34. The number of amides is 2. The maximum atomic E-state index is 12.4. The van der Waals surface area contributed by atoms with Gasteiger partial charge in [0.1, 0.15) is 0 Å². The highest BCUT2D eigenvalue weighted by Gasteiger charge is 2.48. The van der Waals surface area contributed by atoms with Gasteiger partial charge < -0.3 is 0 Å². The third-order valence-electron chi connectivity index (χ3n) is 4.37. The Balaban J connectivity index is 1.64. The standard InChI is InChI=1S/C15H19BrN2O2S/c1-17(8-10-6-7-13(16)21-10)9-18-14(19)11-4-2-3-5-12(11)15(18)20/h6-7,11-12H,2-5,8-9H2,1H3. The first kappa shape index (κ1) is 15.2. The summed E-state index contributed by atoms with van der Waals surface area (Å²) in [6, 6.07) is 4.09. The lowest BCUT2D eigenvalue weighted by molar-refractivity contribution is -0.142. The molecule has 2 fully saturated rings. The molecule has 2 aliphatic rings. The molecule has 2 unspecified atom stereocenters. The Kier molecular flexibility index (Phi) is 4.47. The van der Waals surface area contributed by atoms with Gasteiger partial charge in [-0.25, -0.2) is 0 Å². The van der Waals surface area contributed by atoms with Gasteiger partial charge in [-0.15, -0.1) is 11.3 Å². The quantitative estimate of drug-likeness (QED) is 0.764. The van der Waals surface area contributed by atoms with Crippen LogP contribution in [0.5, 0.6) is 0 Å². The summed E-state index contributed by atoms with van der Waals surface area (Å²) in [7, 11) is 1.95. The Morgan fingerprint density at radius 1 is 1.24 bits per heavy atom. The summed E-state index contributed by atoms with van der Waals surface area (Å²) >= 11 is 5.13. The largest absolute Gasteiger partial charge is 0.284 e. The molecule has 2 atom stereocenters. The van der Waals surface area contributed by atoms with Crippen molar-refractivity contribution in [2.45, 2.75) is 32.2 Å². The lowest BCUT2D eigenvalue weighted by Gasteiger charge is -2.22. The fraction of sp³-hybridized carbons (Fsp3) is 0.600. The fourth-order valence-corrected chi connectivity index (χ4v) is 4.93. The minimum atomic E-state index is -0.0458. The maximum Gasteiger partial charge on any atom is 0.234 e. The van der Waals surface area contributed by atoms with E-state index in [4.69, 9.17) is 0 Å². The molecule has 21 heavy (non-hydrogen) atoms. The van der Waals surface area contributed by atoms with E-state index >= 15 is 0 Å². The average molecular weight is 371 g/mol. The minimum Gasteiger partial charge on any atom is -0.284 e. The molecule has 0 bridgehead atoms. The molecule has 0 N–H and O–H groups in total. The number of fused-ring (bicyclic) bond motifs is 1. The van der Waals surface area contributed by atoms with Gasteiger partial charge in [0.25, 0.3) is 0 Å². The normalized spacial score (nSPS) is 25.8. The molecule has 4 nitrogen and oxygen atoms in total. The second kappa shape index (κ2) is 6.18. The zero-order chi connectivity index (χ0) is 15.0. The van der Waals surface area contributed by atoms with Crippen LogP contribution >= 0.6 is 27.3 Å². The number of imide groups is 1. The molecule has 114 valence electrons. The zero-order valence-electron chi connectivity index (χ0n) is 12.0. The van der Waals surface area contributed by atoms with Gasteiger partial charge in [-0.3, -0.25) is 19.4 Å². The highest BCUT2D eigenvalue weighted by Crippen LogP contribution is 2.38. The van der Waals surface area contributed by atoms with Crippen molar-refractivity contribution in [2.75, 3.05) is 13.7 Å². The molecule has 1 saturated carbocycles. The Morgan fingerprint density at radius 3 is 2.38 bits per heavy atom. The van der Waals surface area contributed by atoms with E-state index in [2.05, 4.69) is 22.0 Å². The van der Waals surface area contributed by atoms with Crippen LogP contribution in [0.4, 0.5) is 0 Å². The number of halogens is 1. The van der Waals surface area contributed by atoms with Crippen molar-refractivity contribution in [3.8, 4) is 0 Å². The highest BCUT2D eigenvalue weighted by molar-refractivity contribution is 9.11. The number of hydrogen-bond donors (Lipinski definition) is 0. The van der Waals surface area contributed by atoms with E-state index in [9.17, 15) is 9.59 Å². The number of carbonyl (C=O) groups is 2. The van der Waals surface area contributed by atoms with E-state index in [1.54, 1.807) is 11.3 Å². The average Bonchev–Trinajstić information content (AvgIpc) is 2.97. The smallest absolute Gasteiger partial charge is 0.234 e. The van der Waals surface area contributed by atoms with Crippen molar-refractivity contribution in [3.05, 3.63) is 20.8 Å². The summed E-state index contributed by atoms with van der Waals surface area (Å²) in [5.74, 6) is -0.00103. The van der Waals surface area contributed by atoms with E-state index in [0.717, 1.165) is 36.0 Å². The summed E-state index contributed by atoms with van der Waals surface area (Å²) in [5.41, 5.74) is 0. The molecule has 0 aromatic carbocycles. The lowest BCUT2D eigenvalue weighted by atomic mass is 9.81. The van der Waals surface area contributed by atoms with Crippen molar-refractivity contribution < 1.29 is 9.59 Å². The van der Waals surface area contributed by atoms with Gasteiger partial charge in [0.15, 0.2) is 0 Å². The Labute approximate surface area is 137 Å². The maximum absolute atomic E-state index is 12.4. The molecule has 1 aliphatic heterocycles. The highest BCUT2D eigenvalue weighted by atomic mass is 79.9. The van der Waals surface area contributed by atoms with Crippen LogP contribution in [-0.2, 0) is 16.1 Å². The van der Waals surface area contributed by atoms with E-state index < -0.39 is 0 Å². The van der Waals surface area contributed by atoms with Gasteiger partial charge >= 0.3 is 0 Å². The van der Waals surface area contributed by atoms with Crippen LogP contribution in [0.15, 0.2) is 15.9 Å². The topological polar surface area (TPSA) is 40.6 Å². The van der Waals surface area contributed by atoms with Gasteiger partial charge in [0.05, 0.1) is 22.3 Å². The number of thiophene rings is 1. The fourth-order valence-electron chi connectivity index (χ4n) is 3.36. The Morgan fingerprint density at radius 2 is 1.86 bits per heavy atom. The summed E-state index contributed by atoms with van der Waals surface area (Å²) in [6.07, 6.45) is 3.92. The van der Waals surface area contributed by atoms with Gasteiger partial charge in [-0.1, -0.05) is 12.8 Å². The molecule has 3 rings (SSSR count). The molecule has 6 heteroatoms. The summed E-state index contributed by atoms with van der Waals surface area (Å²) in [5, 5.41) is 0. The third-order valence-corrected chi connectivity index (χ3v) is 5.98. The van der Waals surface area contributed by atoms with E-state index in [0.29, 0.717) is 6.67 Å². The van der Waals surface area contributed by atoms with Crippen LogP contribution in [0, 0.1) is 11.8 Å². The number of rotatable bonds is 4. The van der Waals surface area contributed by atoms with Crippen LogP contribution in [0.3, 0.4) is 0 Å². The van der Waals surface area contributed by atoms with Gasteiger partial charge in [-0.05, 0) is 48.0 Å². The molecule has 2 heterocycles. The Bertz CT molecular complexity index is 536. The predicted octanol–water partition coefficient (Wildman–Crippen LogP) is 3.08.